The summed E-state index contributed by atoms with van der Waals surface area (Å²) >= 11 is 11.7. The zero-order chi connectivity index (χ0) is 9.84. The summed E-state index contributed by atoms with van der Waals surface area (Å²) in [5.41, 5.74) is 0.594. The Balaban J connectivity index is 2.93. The van der Waals surface area contributed by atoms with Crippen molar-refractivity contribution in [3.63, 3.8) is 0 Å². The molecule has 2 nitrogen and oxygen atoms in total. The van der Waals surface area contributed by atoms with Gasteiger partial charge in [-0.3, -0.25) is 0 Å². The molecule has 1 aromatic rings. The van der Waals surface area contributed by atoms with Crippen LogP contribution < -0.4 is 0 Å². The molecule has 0 radical (unpaired) electrons. The second-order valence-electron chi connectivity index (χ2n) is 2.61. The highest BCUT2D eigenvalue weighted by atomic mass is 35.5. The van der Waals surface area contributed by atoms with Crippen LogP contribution in [0, 0.1) is 0 Å². The maximum Gasteiger partial charge on any atom is 0.104 e. The summed E-state index contributed by atoms with van der Waals surface area (Å²) in [6.45, 7) is 0.208. The predicted octanol–water partition coefficient (Wildman–Crippen LogP) is 2.67. The Hall–Kier alpha value is -0.280. The molecule has 0 aliphatic heterocycles. The van der Waals surface area contributed by atoms with E-state index in [1.54, 1.807) is 18.2 Å². The van der Waals surface area contributed by atoms with Crippen LogP contribution in [-0.2, 0) is 4.74 Å². The van der Waals surface area contributed by atoms with Gasteiger partial charge in [0.2, 0.25) is 0 Å². The largest absolute Gasteiger partial charge is 0.386 e. The van der Waals surface area contributed by atoms with Crippen molar-refractivity contribution in [2.75, 3.05) is 13.7 Å². The molecule has 0 saturated carbocycles. The van der Waals surface area contributed by atoms with Crippen molar-refractivity contribution in [1.82, 2.24) is 0 Å². The molecule has 1 unspecified atom stereocenters. The first kappa shape index (κ1) is 10.8. The molecule has 13 heavy (non-hydrogen) atoms. The molecule has 0 saturated heterocycles. The molecule has 0 aliphatic carbocycles. The van der Waals surface area contributed by atoms with Crippen LogP contribution in [0.15, 0.2) is 18.2 Å². The Bertz CT molecular complexity index is 289. The van der Waals surface area contributed by atoms with E-state index >= 15 is 0 Å². The minimum atomic E-state index is -0.726. The number of aliphatic hydroxyl groups is 1. The van der Waals surface area contributed by atoms with Gasteiger partial charge in [-0.1, -0.05) is 35.3 Å². The highest BCUT2D eigenvalue weighted by molar-refractivity contribution is 6.42. The Morgan fingerprint density at radius 3 is 2.77 bits per heavy atom. The molecule has 0 fully saturated rings. The highest BCUT2D eigenvalue weighted by Crippen LogP contribution is 2.29. The van der Waals surface area contributed by atoms with Gasteiger partial charge in [-0.2, -0.15) is 0 Å². The molecule has 4 heteroatoms. The fourth-order valence-corrected chi connectivity index (χ4v) is 1.46. The quantitative estimate of drug-likeness (QED) is 0.850. The number of halogens is 2. The normalized spacial score (nSPS) is 12.9. The van der Waals surface area contributed by atoms with E-state index in [1.807, 2.05) is 0 Å². The van der Waals surface area contributed by atoms with Crippen LogP contribution in [0.4, 0.5) is 0 Å². The summed E-state index contributed by atoms with van der Waals surface area (Å²) in [4.78, 5) is 0. The summed E-state index contributed by atoms with van der Waals surface area (Å²) in [7, 11) is 1.52. The van der Waals surface area contributed by atoms with Gasteiger partial charge in [0, 0.05) is 12.7 Å². The molecule has 0 spiro atoms. The first-order chi connectivity index (χ1) is 6.16. The Labute approximate surface area is 87.0 Å². The first-order valence-corrected chi connectivity index (χ1v) is 4.53. The van der Waals surface area contributed by atoms with E-state index in [9.17, 15) is 5.11 Å². The first-order valence-electron chi connectivity index (χ1n) is 3.77. The Morgan fingerprint density at radius 1 is 1.46 bits per heavy atom. The molecule has 1 N–H and O–H groups in total. The summed E-state index contributed by atoms with van der Waals surface area (Å²) in [5, 5.41) is 10.4. The van der Waals surface area contributed by atoms with Crippen molar-refractivity contribution in [2.45, 2.75) is 6.10 Å². The maximum atomic E-state index is 9.56. The van der Waals surface area contributed by atoms with E-state index in [2.05, 4.69) is 0 Å². The topological polar surface area (TPSA) is 29.5 Å². The second-order valence-corrected chi connectivity index (χ2v) is 3.40. The van der Waals surface area contributed by atoms with Crippen LogP contribution in [0.3, 0.4) is 0 Å². The standard InChI is InChI=1S/C9H10Cl2O2/c1-13-5-8(12)6-3-2-4-7(10)9(6)11/h2-4,8,12H,5H2,1H3. The number of aliphatic hydroxyl groups excluding tert-OH is 1. The monoisotopic (exact) mass is 220 g/mol. The maximum absolute atomic E-state index is 9.56. The lowest BCUT2D eigenvalue weighted by Crippen LogP contribution is -2.05. The van der Waals surface area contributed by atoms with Gasteiger partial charge >= 0.3 is 0 Å². The number of hydrogen-bond acceptors (Lipinski definition) is 2. The minimum absolute atomic E-state index is 0.208. The molecule has 1 rings (SSSR count). The average molecular weight is 221 g/mol. The minimum Gasteiger partial charge on any atom is -0.386 e. The SMILES string of the molecule is COCC(O)c1cccc(Cl)c1Cl. The molecule has 72 valence electrons. The Morgan fingerprint density at radius 2 is 2.15 bits per heavy atom. The molecule has 0 aromatic heterocycles. The van der Waals surface area contributed by atoms with Gasteiger partial charge in [-0.05, 0) is 6.07 Å². The van der Waals surface area contributed by atoms with Gasteiger partial charge in [-0.25, -0.2) is 0 Å². The molecule has 0 aliphatic rings. The van der Waals surface area contributed by atoms with Crippen molar-refractivity contribution >= 4 is 23.2 Å². The zero-order valence-corrected chi connectivity index (χ0v) is 8.64. The number of hydrogen-bond donors (Lipinski definition) is 1. The molecule has 0 amide bonds. The third-order valence-electron chi connectivity index (χ3n) is 1.66. The van der Waals surface area contributed by atoms with Crippen LogP contribution in [0.25, 0.3) is 0 Å². The summed E-state index contributed by atoms with van der Waals surface area (Å²) in [6, 6.07) is 5.13. The van der Waals surface area contributed by atoms with Gasteiger partial charge in [0.15, 0.2) is 0 Å². The fourth-order valence-electron chi connectivity index (χ4n) is 1.03. The van der Waals surface area contributed by atoms with Crippen LogP contribution >= 0.6 is 23.2 Å². The van der Waals surface area contributed by atoms with Crippen LogP contribution in [0.5, 0.6) is 0 Å². The number of ether oxygens (including phenoxy) is 1. The lowest BCUT2D eigenvalue weighted by molar-refractivity contribution is 0.0644. The summed E-state index contributed by atoms with van der Waals surface area (Å²) in [6.07, 6.45) is -0.726. The third kappa shape index (κ3) is 2.58. The van der Waals surface area contributed by atoms with Gasteiger partial charge in [0.05, 0.1) is 16.7 Å². The van der Waals surface area contributed by atoms with Crippen LogP contribution in [0.2, 0.25) is 10.0 Å². The smallest absolute Gasteiger partial charge is 0.104 e. The van der Waals surface area contributed by atoms with E-state index in [4.69, 9.17) is 27.9 Å². The highest BCUT2D eigenvalue weighted by Gasteiger charge is 2.12. The molecule has 1 atom stereocenters. The van der Waals surface area contributed by atoms with E-state index in [0.717, 1.165) is 0 Å². The van der Waals surface area contributed by atoms with E-state index < -0.39 is 6.10 Å². The van der Waals surface area contributed by atoms with E-state index in [-0.39, 0.29) is 6.61 Å². The Kier molecular flexibility index (Phi) is 4.00. The van der Waals surface area contributed by atoms with Crippen molar-refractivity contribution in [3.8, 4) is 0 Å². The van der Waals surface area contributed by atoms with Gasteiger partial charge in [-0.15, -0.1) is 0 Å². The molecule has 0 heterocycles. The van der Waals surface area contributed by atoms with Crippen molar-refractivity contribution in [3.05, 3.63) is 33.8 Å². The average Bonchev–Trinajstić information content (AvgIpc) is 2.10. The van der Waals surface area contributed by atoms with Crippen LogP contribution in [-0.4, -0.2) is 18.8 Å². The fraction of sp³-hybridized carbons (Fsp3) is 0.333. The van der Waals surface area contributed by atoms with Gasteiger partial charge < -0.3 is 9.84 Å². The van der Waals surface area contributed by atoms with E-state index in [0.29, 0.717) is 15.6 Å². The predicted molar refractivity (Wildman–Crippen MR) is 53.3 cm³/mol. The van der Waals surface area contributed by atoms with Gasteiger partial charge in [0.1, 0.15) is 6.10 Å². The number of rotatable bonds is 3. The zero-order valence-electron chi connectivity index (χ0n) is 7.13. The number of methoxy groups -OCH3 is 1. The van der Waals surface area contributed by atoms with Crippen LogP contribution in [0.1, 0.15) is 11.7 Å². The second kappa shape index (κ2) is 4.82. The van der Waals surface area contributed by atoms with Crippen molar-refractivity contribution in [2.24, 2.45) is 0 Å². The third-order valence-corrected chi connectivity index (χ3v) is 2.50. The summed E-state index contributed by atoms with van der Waals surface area (Å²) < 4.78 is 4.80. The molecular formula is C9H10Cl2O2. The lowest BCUT2D eigenvalue weighted by atomic mass is 10.1. The molecular weight excluding hydrogens is 211 g/mol. The summed E-state index contributed by atoms with van der Waals surface area (Å²) in [5.74, 6) is 0. The molecule has 1 aromatic carbocycles. The van der Waals surface area contributed by atoms with Crippen molar-refractivity contribution in [1.29, 1.82) is 0 Å². The number of benzene rings is 1. The molecule has 0 bridgehead atoms. The van der Waals surface area contributed by atoms with Crippen molar-refractivity contribution < 1.29 is 9.84 Å². The van der Waals surface area contributed by atoms with E-state index in [1.165, 1.54) is 7.11 Å². The van der Waals surface area contributed by atoms with Gasteiger partial charge in [0.25, 0.3) is 0 Å². The lowest BCUT2D eigenvalue weighted by Gasteiger charge is -2.11.